The van der Waals surface area contributed by atoms with Crippen LogP contribution in [0.3, 0.4) is 0 Å². The van der Waals surface area contributed by atoms with Crippen LogP contribution in [-0.4, -0.2) is 32.9 Å². The lowest BCUT2D eigenvalue weighted by atomic mass is 9.61. The highest BCUT2D eigenvalue weighted by Crippen LogP contribution is 2.47. The first-order valence-electron chi connectivity index (χ1n) is 17.6. The highest BCUT2D eigenvalue weighted by atomic mass is 16.5. The van der Waals surface area contributed by atoms with E-state index in [1.165, 1.54) is 37.7 Å². The number of unbranched alkanes of at least 4 members (excludes halogenated alkanes) is 8. The standard InChI is InChI=1S/C41H59NO5/c1-39(2,3)30-41(7,40(4,5)6)38(43)47-24-17-15-13-11-9-10-12-14-16-23-45-35-21-20-33(28-37(35)44-8)34(29-42)26-31-18-19-32-22-25-46-36(32)27-31/h18-21,26-28H,9-17,22-25,30H2,1-8H3. The van der Waals surface area contributed by atoms with E-state index in [4.69, 9.17) is 18.9 Å². The van der Waals surface area contributed by atoms with Crippen molar-refractivity contribution >= 4 is 17.6 Å². The maximum atomic E-state index is 13.1. The molecule has 0 bridgehead atoms. The Labute approximate surface area is 284 Å². The molecule has 0 aliphatic carbocycles. The lowest BCUT2D eigenvalue weighted by Crippen LogP contribution is -2.44. The summed E-state index contributed by atoms with van der Waals surface area (Å²) >= 11 is 0. The number of hydrogen-bond donors (Lipinski definition) is 0. The lowest BCUT2D eigenvalue weighted by molar-refractivity contribution is -0.164. The third kappa shape index (κ3) is 11.6. The smallest absolute Gasteiger partial charge is 0.312 e. The fraction of sp³-hybridized carbons (Fsp3) is 0.610. The molecule has 0 spiro atoms. The van der Waals surface area contributed by atoms with Crippen LogP contribution in [-0.2, 0) is 16.0 Å². The molecule has 47 heavy (non-hydrogen) atoms. The molecule has 3 rings (SSSR count). The molecule has 0 N–H and O–H groups in total. The van der Waals surface area contributed by atoms with Crippen LogP contribution >= 0.6 is 0 Å². The highest BCUT2D eigenvalue weighted by Gasteiger charge is 2.47. The molecule has 258 valence electrons. The maximum absolute atomic E-state index is 13.1. The zero-order chi connectivity index (χ0) is 34.5. The van der Waals surface area contributed by atoms with Gasteiger partial charge in [-0.3, -0.25) is 4.79 Å². The molecular weight excluding hydrogens is 586 g/mol. The maximum Gasteiger partial charge on any atom is 0.312 e. The van der Waals surface area contributed by atoms with Crippen molar-refractivity contribution in [1.29, 1.82) is 5.26 Å². The number of carbonyl (C=O) groups is 1. The van der Waals surface area contributed by atoms with Crippen molar-refractivity contribution in [1.82, 2.24) is 0 Å². The predicted molar refractivity (Wildman–Crippen MR) is 192 cm³/mol. The zero-order valence-electron chi connectivity index (χ0n) is 30.4. The normalized spacial score (nSPS) is 14.5. The van der Waals surface area contributed by atoms with E-state index in [0.717, 1.165) is 55.4 Å². The number of esters is 1. The molecule has 0 amide bonds. The first-order chi connectivity index (χ1) is 22.3. The van der Waals surface area contributed by atoms with E-state index in [2.05, 4.69) is 60.6 Å². The van der Waals surface area contributed by atoms with E-state index in [0.29, 0.717) is 36.9 Å². The summed E-state index contributed by atoms with van der Waals surface area (Å²) in [7, 11) is 1.63. The van der Waals surface area contributed by atoms with Crippen LogP contribution in [0, 0.1) is 27.6 Å². The van der Waals surface area contributed by atoms with Gasteiger partial charge in [-0.2, -0.15) is 5.26 Å². The van der Waals surface area contributed by atoms with Gasteiger partial charge in [-0.1, -0.05) is 98.6 Å². The number of benzene rings is 2. The number of hydrogen-bond acceptors (Lipinski definition) is 6. The van der Waals surface area contributed by atoms with Crippen LogP contribution in [0.1, 0.15) is 129 Å². The van der Waals surface area contributed by atoms with E-state index < -0.39 is 5.41 Å². The number of carbonyl (C=O) groups excluding carboxylic acids is 1. The van der Waals surface area contributed by atoms with Gasteiger partial charge in [-0.15, -0.1) is 0 Å². The minimum atomic E-state index is -0.494. The fourth-order valence-electron chi connectivity index (χ4n) is 6.23. The molecule has 0 aromatic heterocycles. The number of allylic oxidation sites excluding steroid dienone is 1. The second-order valence-electron chi connectivity index (χ2n) is 15.5. The number of methoxy groups -OCH3 is 1. The monoisotopic (exact) mass is 645 g/mol. The largest absolute Gasteiger partial charge is 0.493 e. The van der Waals surface area contributed by atoms with Crippen molar-refractivity contribution in [3.05, 3.63) is 53.1 Å². The lowest BCUT2D eigenvalue weighted by Gasteiger charge is -2.43. The van der Waals surface area contributed by atoms with Gasteiger partial charge in [0.05, 0.1) is 44.0 Å². The van der Waals surface area contributed by atoms with Crippen LogP contribution < -0.4 is 14.2 Å². The van der Waals surface area contributed by atoms with E-state index in [9.17, 15) is 10.1 Å². The molecule has 0 fully saturated rings. The Morgan fingerprint density at radius 3 is 2.09 bits per heavy atom. The van der Waals surface area contributed by atoms with Crippen molar-refractivity contribution in [2.75, 3.05) is 26.9 Å². The van der Waals surface area contributed by atoms with Crippen molar-refractivity contribution in [2.24, 2.45) is 16.2 Å². The van der Waals surface area contributed by atoms with Gasteiger partial charge in [-0.05, 0) is 84.0 Å². The molecule has 1 heterocycles. The highest BCUT2D eigenvalue weighted by molar-refractivity contribution is 5.90. The molecule has 2 aromatic rings. The molecule has 6 heteroatoms. The van der Waals surface area contributed by atoms with Gasteiger partial charge in [0.1, 0.15) is 5.75 Å². The van der Waals surface area contributed by atoms with Gasteiger partial charge in [0.15, 0.2) is 11.5 Å². The molecular formula is C41H59NO5. The first-order valence-corrected chi connectivity index (χ1v) is 17.6. The minimum absolute atomic E-state index is 0.0538. The summed E-state index contributed by atoms with van der Waals surface area (Å²) in [5.74, 6) is 2.17. The van der Waals surface area contributed by atoms with Gasteiger partial charge in [0.25, 0.3) is 0 Å². The van der Waals surface area contributed by atoms with E-state index in [1.54, 1.807) is 7.11 Å². The summed E-state index contributed by atoms with van der Waals surface area (Å²) in [5.41, 5.74) is 2.92. The van der Waals surface area contributed by atoms with Gasteiger partial charge < -0.3 is 18.9 Å². The van der Waals surface area contributed by atoms with Crippen molar-refractivity contribution in [3.63, 3.8) is 0 Å². The molecule has 6 nitrogen and oxygen atoms in total. The quantitative estimate of drug-likeness (QED) is 0.0695. The third-order valence-electron chi connectivity index (χ3n) is 9.40. The van der Waals surface area contributed by atoms with Gasteiger partial charge in [-0.25, -0.2) is 0 Å². The van der Waals surface area contributed by atoms with Crippen molar-refractivity contribution in [2.45, 2.75) is 119 Å². The Kier molecular flexibility index (Phi) is 14.2. The number of fused-ring (bicyclic) bond motifs is 1. The number of nitrogens with zero attached hydrogens (tertiary/aromatic N) is 1. The Morgan fingerprint density at radius 2 is 1.49 bits per heavy atom. The minimum Gasteiger partial charge on any atom is -0.493 e. The van der Waals surface area contributed by atoms with E-state index in [-0.39, 0.29) is 16.8 Å². The molecule has 1 aliphatic rings. The predicted octanol–water partition coefficient (Wildman–Crippen LogP) is 10.6. The third-order valence-corrected chi connectivity index (χ3v) is 9.40. The average Bonchev–Trinajstić information content (AvgIpc) is 3.48. The summed E-state index contributed by atoms with van der Waals surface area (Å²) in [6.07, 6.45) is 13.8. The molecule has 1 atom stereocenters. The number of rotatable bonds is 18. The molecule has 0 saturated heterocycles. The van der Waals surface area contributed by atoms with Crippen LogP contribution in [0.5, 0.6) is 17.2 Å². The van der Waals surface area contributed by atoms with Crippen LogP contribution in [0.4, 0.5) is 0 Å². The molecule has 0 saturated carbocycles. The topological polar surface area (TPSA) is 77.8 Å². The summed E-state index contributed by atoms with van der Waals surface area (Å²) in [4.78, 5) is 13.1. The summed E-state index contributed by atoms with van der Waals surface area (Å²) in [6.45, 7) is 16.9. The van der Waals surface area contributed by atoms with Crippen molar-refractivity contribution in [3.8, 4) is 23.3 Å². The van der Waals surface area contributed by atoms with Crippen LogP contribution in [0.15, 0.2) is 36.4 Å². The van der Waals surface area contributed by atoms with Crippen molar-refractivity contribution < 1.29 is 23.7 Å². The molecule has 1 aliphatic heterocycles. The average molecular weight is 646 g/mol. The number of nitriles is 1. The van der Waals surface area contributed by atoms with Gasteiger partial charge >= 0.3 is 5.97 Å². The van der Waals surface area contributed by atoms with Crippen LogP contribution in [0.25, 0.3) is 11.6 Å². The van der Waals surface area contributed by atoms with E-state index in [1.807, 2.05) is 36.4 Å². The Hall–Kier alpha value is -3.46. The van der Waals surface area contributed by atoms with Gasteiger partial charge in [0, 0.05) is 6.42 Å². The second-order valence-corrected chi connectivity index (χ2v) is 15.5. The molecule has 2 aromatic carbocycles. The Morgan fingerprint density at radius 1 is 0.851 bits per heavy atom. The SMILES string of the molecule is COc1cc(C(C#N)=Cc2ccc3c(c2)OCC3)ccc1OCCCCCCCCCCCOC(=O)C(C)(CC(C)(C)C)C(C)(C)C. The molecule has 1 unspecified atom stereocenters. The first kappa shape index (κ1) is 38.0. The molecule has 0 radical (unpaired) electrons. The van der Waals surface area contributed by atoms with Gasteiger partial charge in [0.2, 0.25) is 0 Å². The van der Waals surface area contributed by atoms with E-state index >= 15 is 0 Å². The summed E-state index contributed by atoms with van der Waals surface area (Å²) in [5, 5.41) is 9.85. The summed E-state index contributed by atoms with van der Waals surface area (Å²) < 4.78 is 23.1. The zero-order valence-corrected chi connectivity index (χ0v) is 30.4. The van der Waals surface area contributed by atoms with Crippen LogP contribution in [0.2, 0.25) is 0 Å². The summed E-state index contributed by atoms with van der Waals surface area (Å²) in [6, 6.07) is 14.1. The Bertz CT molecular complexity index is 1370. The fourth-order valence-corrected chi connectivity index (χ4v) is 6.23. The Balaban J connectivity index is 1.29. The number of ether oxygens (including phenoxy) is 4. The second kappa shape index (κ2) is 17.6.